The van der Waals surface area contributed by atoms with Crippen LogP contribution >= 0.6 is 11.6 Å². The maximum absolute atomic E-state index is 13.6. The van der Waals surface area contributed by atoms with Gasteiger partial charge < -0.3 is 10.3 Å². The van der Waals surface area contributed by atoms with Crippen molar-refractivity contribution in [3.8, 4) is 11.5 Å². The molecule has 0 aliphatic carbocycles. The first-order valence-corrected chi connectivity index (χ1v) is 6.62. The van der Waals surface area contributed by atoms with Gasteiger partial charge in [-0.05, 0) is 29.8 Å². The van der Waals surface area contributed by atoms with Crippen LogP contribution in [0.2, 0.25) is 5.02 Å². The average molecular weight is 304 g/mol. The van der Waals surface area contributed by atoms with E-state index in [1.54, 1.807) is 36.4 Å². The molecule has 1 heterocycles. The standard InChI is InChI=1S/C15H11ClFN3O/c16-10-5-6-13(18)11(8-10)15-19-14(20-21-15)7-9-3-1-2-4-12(9)17/h1-6,8H,7,18H2. The van der Waals surface area contributed by atoms with Crippen molar-refractivity contribution >= 4 is 17.3 Å². The van der Waals surface area contributed by atoms with E-state index in [4.69, 9.17) is 21.9 Å². The molecule has 0 amide bonds. The van der Waals surface area contributed by atoms with E-state index in [0.29, 0.717) is 27.7 Å². The molecule has 4 nitrogen and oxygen atoms in total. The molecular formula is C15H11ClFN3O. The number of halogens is 2. The minimum atomic E-state index is -0.300. The number of nitrogens with two attached hydrogens (primary N) is 1. The van der Waals surface area contributed by atoms with Crippen molar-refractivity contribution in [2.45, 2.75) is 6.42 Å². The van der Waals surface area contributed by atoms with Gasteiger partial charge in [0.25, 0.3) is 5.89 Å². The van der Waals surface area contributed by atoms with Gasteiger partial charge in [-0.15, -0.1) is 0 Å². The van der Waals surface area contributed by atoms with E-state index in [1.807, 2.05) is 0 Å². The Hall–Kier alpha value is -2.40. The summed E-state index contributed by atoms with van der Waals surface area (Å²) >= 11 is 5.93. The van der Waals surface area contributed by atoms with Crippen molar-refractivity contribution in [3.05, 3.63) is 64.7 Å². The molecule has 2 N–H and O–H groups in total. The summed E-state index contributed by atoms with van der Waals surface area (Å²) in [7, 11) is 0. The quantitative estimate of drug-likeness (QED) is 0.749. The number of nitrogen functional groups attached to an aromatic ring is 1. The molecule has 0 radical (unpaired) electrons. The van der Waals surface area contributed by atoms with Crippen LogP contribution < -0.4 is 5.73 Å². The highest BCUT2D eigenvalue weighted by Crippen LogP contribution is 2.27. The third kappa shape index (κ3) is 2.87. The van der Waals surface area contributed by atoms with Gasteiger partial charge in [0, 0.05) is 17.1 Å². The molecule has 0 aliphatic heterocycles. The number of anilines is 1. The Kier molecular flexibility index (Phi) is 3.58. The fourth-order valence-corrected chi connectivity index (χ4v) is 2.13. The smallest absolute Gasteiger partial charge is 0.260 e. The molecule has 21 heavy (non-hydrogen) atoms. The van der Waals surface area contributed by atoms with Crippen molar-refractivity contribution in [2.75, 3.05) is 5.73 Å². The van der Waals surface area contributed by atoms with Crippen LogP contribution in [0.15, 0.2) is 47.0 Å². The van der Waals surface area contributed by atoms with Gasteiger partial charge in [0.1, 0.15) is 5.82 Å². The lowest BCUT2D eigenvalue weighted by molar-refractivity contribution is 0.423. The third-order valence-electron chi connectivity index (χ3n) is 3.02. The molecule has 0 atom stereocenters. The molecule has 0 fully saturated rings. The van der Waals surface area contributed by atoms with Crippen molar-refractivity contribution in [1.29, 1.82) is 0 Å². The monoisotopic (exact) mass is 303 g/mol. The highest BCUT2D eigenvalue weighted by Gasteiger charge is 2.13. The Morgan fingerprint density at radius 2 is 2.00 bits per heavy atom. The van der Waals surface area contributed by atoms with E-state index in [9.17, 15) is 4.39 Å². The zero-order valence-electron chi connectivity index (χ0n) is 10.9. The summed E-state index contributed by atoms with van der Waals surface area (Å²) in [5.41, 5.74) is 7.42. The Bertz CT molecular complexity index is 788. The number of nitrogens with zero attached hydrogens (tertiary/aromatic N) is 2. The second kappa shape index (κ2) is 5.54. The lowest BCUT2D eigenvalue weighted by Crippen LogP contribution is -1.94. The van der Waals surface area contributed by atoms with Gasteiger partial charge in [0.05, 0.1) is 5.56 Å². The number of rotatable bonds is 3. The predicted octanol–water partition coefficient (Wildman–Crippen LogP) is 3.70. The Morgan fingerprint density at radius 1 is 1.19 bits per heavy atom. The Balaban J connectivity index is 1.90. The van der Waals surface area contributed by atoms with Crippen LogP contribution in [0.3, 0.4) is 0 Å². The minimum absolute atomic E-state index is 0.247. The molecule has 0 saturated heterocycles. The Morgan fingerprint density at radius 3 is 2.81 bits per heavy atom. The van der Waals surface area contributed by atoms with Gasteiger partial charge in [-0.2, -0.15) is 4.98 Å². The first kappa shape index (κ1) is 13.6. The summed E-state index contributed by atoms with van der Waals surface area (Å²) in [6, 6.07) is 11.5. The van der Waals surface area contributed by atoms with Gasteiger partial charge in [-0.3, -0.25) is 0 Å². The number of benzene rings is 2. The van der Waals surface area contributed by atoms with Crippen molar-refractivity contribution < 1.29 is 8.91 Å². The highest BCUT2D eigenvalue weighted by atomic mass is 35.5. The van der Waals surface area contributed by atoms with Crippen LogP contribution in [-0.4, -0.2) is 10.1 Å². The summed E-state index contributed by atoms with van der Waals surface area (Å²) in [6.07, 6.45) is 0.247. The van der Waals surface area contributed by atoms with Gasteiger partial charge in [0.15, 0.2) is 5.82 Å². The maximum Gasteiger partial charge on any atom is 0.260 e. The SMILES string of the molecule is Nc1ccc(Cl)cc1-c1nc(Cc2ccccc2F)no1. The molecule has 6 heteroatoms. The number of aromatic nitrogens is 2. The van der Waals surface area contributed by atoms with E-state index in [0.717, 1.165) is 0 Å². The second-order valence-corrected chi connectivity index (χ2v) is 4.95. The maximum atomic E-state index is 13.6. The van der Waals surface area contributed by atoms with Crippen LogP contribution in [0, 0.1) is 5.82 Å². The third-order valence-corrected chi connectivity index (χ3v) is 3.26. The summed E-state index contributed by atoms with van der Waals surface area (Å²) in [5, 5.41) is 4.37. The lowest BCUT2D eigenvalue weighted by Gasteiger charge is -2.00. The number of hydrogen-bond donors (Lipinski definition) is 1. The summed E-state index contributed by atoms with van der Waals surface area (Å²) in [5.74, 6) is 0.349. The molecule has 1 aromatic heterocycles. The fraction of sp³-hybridized carbons (Fsp3) is 0.0667. The van der Waals surface area contributed by atoms with Crippen molar-refractivity contribution in [1.82, 2.24) is 10.1 Å². The molecule has 0 unspecified atom stereocenters. The zero-order chi connectivity index (χ0) is 14.8. The van der Waals surface area contributed by atoms with E-state index >= 15 is 0 Å². The normalized spacial score (nSPS) is 10.8. The lowest BCUT2D eigenvalue weighted by atomic mass is 10.1. The first-order valence-electron chi connectivity index (χ1n) is 6.25. The van der Waals surface area contributed by atoms with Crippen LogP contribution in [0.5, 0.6) is 0 Å². The summed E-state index contributed by atoms with van der Waals surface area (Å²) in [4.78, 5) is 4.24. The van der Waals surface area contributed by atoms with E-state index in [-0.39, 0.29) is 18.1 Å². The molecule has 106 valence electrons. The molecule has 3 aromatic rings. The van der Waals surface area contributed by atoms with Gasteiger partial charge in [0.2, 0.25) is 0 Å². The molecular weight excluding hydrogens is 293 g/mol. The van der Waals surface area contributed by atoms with E-state index < -0.39 is 0 Å². The van der Waals surface area contributed by atoms with Gasteiger partial charge >= 0.3 is 0 Å². The van der Waals surface area contributed by atoms with Crippen LogP contribution in [-0.2, 0) is 6.42 Å². The predicted molar refractivity (Wildman–Crippen MR) is 78.4 cm³/mol. The summed E-state index contributed by atoms with van der Waals surface area (Å²) in [6.45, 7) is 0. The average Bonchev–Trinajstić information content (AvgIpc) is 2.92. The number of hydrogen-bond acceptors (Lipinski definition) is 4. The van der Waals surface area contributed by atoms with Crippen molar-refractivity contribution in [3.63, 3.8) is 0 Å². The highest BCUT2D eigenvalue weighted by molar-refractivity contribution is 6.31. The summed E-state index contributed by atoms with van der Waals surface area (Å²) < 4.78 is 18.8. The fourth-order valence-electron chi connectivity index (χ4n) is 1.96. The molecule has 0 saturated carbocycles. The second-order valence-electron chi connectivity index (χ2n) is 4.52. The molecule has 0 bridgehead atoms. The molecule has 3 rings (SSSR count). The van der Waals surface area contributed by atoms with Gasteiger partial charge in [-0.1, -0.05) is 35.0 Å². The minimum Gasteiger partial charge on any atom is -0.398 e. The first-order chi connectivity index (χ1) is 10.1. The molecule has 2 aromatic carbocycles. The molecule has 0 aliphatic rings. The van der Waals surface area contributed by atoms with Crippen LogP contribution in [0.4, 0.5) is 10.1 Å². The van der Waals surface area contributed by atoms with Crippen molar-refractivity contribution in [2.24, 2.45) is 0 Å². The molecule has 0 spiro atoms. The van der Waals surface area contributed by atoms with Crippen LogP contribution in [0.1, 0.15) is 11.4 Å². The largest absolute Gasteiger partial charge is 0.398 e. The zero-order valence-corrected chi connectivity index (χ0v) is 11.6. The van der Waals surface area contributed by atoms with Gasteiger partial charge in [-0.25, -0.2) is 4.39 Å². The van der Waals surface area contributed by atoms with E-state index in [1.165, 1.54) is 6.07 Å². The Labute approximate surface area is 125 Å². The van der Waals surface area contributed by atoms with Crippen LogP contribution in [0.25, 0.3) is 11.5 Å². The topological polar surface area (TPSA) is 64.9 Å². The van der Waals surface area contributed by atoms with E-state index in [2.05, 4.69) is 10.1 Å².